The van der Waals surface area contributed by atoms with Crippen LogP contribution in [0.3, 0.4) is 0 Å². The molecule has 0 saturated carbocycles. The van der Waals surface area contributed by atoms with Gasteiger partial charge in [-0.2, -0.15) is 0 Å². The maximum atomic E-state index is 5.34. The van der Waals surface area contributed by atoms with Gasteiger partial charge in [-0.05, 0) is 5.92 Å². The number of rotatable bonds is 7. The number of methoxy groups -OCH3 is 1. The van der Waals surface area contributed by atoms with Crippen molar-refractivity contribution >= 4 is 0 Å². The quantitative estimate of drug-likeness (QED) is 0.636. The Morgan fingerprint density at radius 3 is 2.87 bits per heavy atom. The van der Waals surface area contributed by atoms with Gasteiger partial charge in [0.15, 0.2) is 0 Å². The van der Waals surface area contributed by atoms with Crippen molar-refractivity contribution in [1.82, 2.24) is 15.0 Å². The van der Waals surface area contributed by atoms with Crippen LogP contribution < -0.4 is 0 Å². The fourth-order valence-electron chi connectivity index (χ4n) is 1.19. The third-order valence-corrected chi connectivity index (χ3v) is 1.82. The van der Waals surface area contributed by atoms with E-state index in [1.807, 2.05) is 10.9 Å². The first-order valence-electron chi connectivity index (χ1n) is 5.18. The number of nitrogens with zero attached hydrogens (tertiary/aromatic N) is 3. The Morgan fingerprint density at radius 1 is 1.40 bits per heavy atom. The van der Waals surface area contributed by atoms with E-state index in [2.05, 4.69) is 24.2 Å². The minimum absolute atomic E-state index is 0.501. The van der Waals surface area contributed by atoms with Gasteiger partial charge in [-0.15, -0.1) is 5.10 Å². The summed E-state index contributed by atoms with van der Waals surface area (Å²) < 4.78 is 12.1. The van der Waals surface area contributed by atoms with Gasteiger partial charge in [0.05, 0.1) is 26.0 Å². The molecule has 0 aliphatic heterocycles. The molecule has 15 heavy (non-hydrogen) atoms. The largest absolute Gasteiger partial charge is 0.382 e. The van der Waals surface area contributed by atoms with Crippen molar-refractivity contribution in [1.29, 1.82) is 0 Å². The van der Waals surface area contributed by atoms with Crippen LogP contribution in [0.15, 0.2) is 6.20 Å². The molecule has 0 aromatic carbocycles. The van der Waals surface area contributed by atoms with Crippen LogP contribution in [-0.2, 0) is 22.6 Å². The van der Waals surface area contributed by atoms with Crippen molar-refractivity contribution in [2.24, 2.45) is 5.92 Å². The molecule has 0 aliphatic carbocycles. The summed E-state index contributed by atoms with van der Waals surface area (Å²) in [5, 5.41) is 8.02. The highest BCUT2D eigenvalue weighted by atomic mass is 16.5. The lowest BCUT2D eigenvalue weighted by Crippen LogP contribution is -2.04. The normalized spacial score (nSPS) is 11.2. The van der Waals surface area contributed by atoms with Crippen LogP contribution in [0.1, 0.15) is 19.5 Å². The highest BCUT2D eigenvalue weighted by Gasteiger charge is 2.02. The van der Waals surface area contributed by atoms with Gasteiger partial charge in [0.2, 0.25) is 0 Å². The summed E-state index contributed by atoms with van der Waals surface area (Å²) in [4.78, 5) is 0. The molecule has 0 unspecified atom stereocenters. The van der Waals surface area contributed by atoms with Crippen LogP contribution >= 0.6 is 0 Å². The smallest absolute Gasteiger partial charge is 0.108 e. The number of hydrogen-bond donors (Lipinski definition) is 0. The fraction of sp³-hybridized carbons (Fsp3) is 0.800. The molecular weight excluding hydrogens is 194 g/mol. The molecule has 0 N–H and O–H groups in total. The second-order valence-electron chi connectivity index (χ2n) is 3.87. The zero-order valence-electron chi connectivity index (χ0n) is 9.64. The SMILES string of the molecule is COCCOCc1cn(CC(C)C)nn1. The van der Waals surface area contributed by atoms with Crippen molar-refractivity contribution in [2.75, 3.05) is 20.3 Å². The molecule has 5 nitrogen and oxygen atoms in total. The summed E-state index contributed by atoms with van der Waals surface area (Å²) in [5.74, 6) is 0.578. The van der Waals surface area contributed by atoms with E-state index in [-0.39, 0.29) is 0 Å². The molecule has 1 aromatic rings. The number of hydrogen-bond acceptors (Lipinski definition) is 4. The van der Waals surface area contributed by atoms with E-state index in [9.17, 15) is 0 Å². The van der Waals surface area contributed by atoms with Crippen molar-refractivity contribution < 1.29 is 9.47 Å². The zero-order valence-corrected chi connectivity index (χ0v) is 9.64. The summed E-state index contributed by atoms with van der Waals surface area (Å²) in [7, 11) is 1.66. The highest BCUT2D eigenvalue weighted by Crippen LogP contribution is 2.00. The minimum Gasteiger partial charge on any atom is -0.382 e. The number of aromatic nitrogens is 3. The predicted octanol–water partition coefficient (Wildman–Crippen LogP) is 1.10. The Morgan fingerprint density at radius 2 is 2.20 bits per heavy atom. The average Bonchev–Trinajstić information content (AvgIpc) is 2.59. The lowest BCUT2D eigenvalue weighted by atomic mass is 10.2. The van der Waals surface area contributed by atoms with Gasteiger partial charge in [-0.3, -0.25) is 4.68 Å². The lowest BCUT2D eigenvalue weighted by molar-refractivity contribution is 0.0601. The van der Waals surface area contributed by atoms with Crippen LogP contribution in [0.25, 0.3) is 0 Å². The number of ether oxygens (including phenoxy) is 2. The Hall–Kier alpha value is -0.940. The van der Waals surface area contributed by atoms with E-state index in [0.29, 0.717) is 25.7 Å². The Balaban J connectivity index is 2.26. The van der Waals surface area contributed by atoms with Gasteiger partial charge in [0.25, 0.3) is 0 Å². The van der Waals surface area contributed by atoms with Crippen LogP contribution in [0, 0.1) is 5.92 Å². The first-order valence-corrected chi connectivity index (χ1v) is 5.18. The Kier molecular flexibility index (Phi) is 5.28. The standard InChI is InChI=1S/C10H19N3O2/c1-9(2)6-13-7-10(11-12-13)8-15-5-4-14-3/h7,9H,4-6,8H2,1-3H3. The van der Waals surface area contributed by atoms with Gasteiger partial charge >= 0.3 is 0 Å². The van der Waals surface area contributed by atoms with Crippen molar-refractivity contribution in [2.45, 2.75) is 27.0 Å². The molecule has 0 saturated heterocycles. The molecule has 1 heterocycles. The minimum atomic E-state index is 0.501. The summed E-state index contributed by atoms with van der Waals surface area (Å²) >= 11 is 0. The molecule has 1 rings (SSSR count). The predicted molar refractivity (Wildman–Crippen MR) is 56.4 cm³/mol. The molecule has 0 bridgehead atoms. The molecular formula is C10H19N3O2. The second-order valence-corrected chi connectivity index (χ2v) is 3.87. The van der Waals surface area contributed by atoms with E-state index >= 15 is 0 Å². The first-order chi connectivity index (χ1) is 7.22. The van der Waals surface area contributed by atoms with Gasteiger partial charge in [0.1, 0.15) is 5.69 Å². The Labute approximate surface area is 90.4 Å². The molecule has 0 radical (unpaired) electrons. The third kappa shape index (κ3) is 4.90. The average molecular weight is 213 g/mol. The molecule has 0 aliphatic rings. The summed E-state index contributed by atoms with van der Waals surface area (Å²) in [6.07, 6.45) is 1.92. The molecule has 1 aromatic heterocycles. The van der Waals surface area contributed by atoms with Crippen molar-refractivity contribution in [3.8, 4) is 0 Å². The summed E-state index contributed by atoms with van der Waals surface area (Å²) in [6.45, 7) is 6.90. The maximum absolute atomic E-state index is 5.34. The summed E-state index contributed by atoms with van der Waals surface area (Å²) in [6, 6.07) is 0. The highest BCUT2D eigenvalue weighted by molar-refractivity contribution is 4.89. The van der Waals surface area contributed by atoms with E-state index in [0.717, 1.165) is 12.2 Å². The molecule has 86 valence electrons. The van der Waals surface area contributed by atoms with E-state index in [1.165, 1.54) is 0 Å². The second kappa shape index (κ2) is 6.53. The van der Waals surface area contributed by atoms with Crippen molar-refractivity contribution in [3.63, 3.8) is 0 Å². The van der Waals surface area contributed by atoms with Gasteiger partial charge < -0.3 is 9.47 Å². The van der Waals surface area contributed by atoms with Crippen LogP contribution in [0.5, 0.6) is 0 Å². The topological polar surface area (TPSA) is 49.2 Å². The van der Waals surface area contributed by atoms with Crippen LogP contribution in [0.2, 0.25) is 0 Å². The van der Waals surface area contributed by atoms with E-state index in [1.54, 1.807) is 7.11 Å². The summed E-state index contributed by atoms with van der Waals surface area (Å²) in [5.41, 5.74) is 0.867. The van der Waals surface area contributed by atoms with Crippen LogP contribution in [-0.4, -0.2) is 35.3 Å². The monoisotopic (exact) mass is 213 g/mol. The molecule has 0 fully saturated rings. The maximum Gasteiger partial charge on any atom is 0.108 e. The van der Waals surface area contributed by atoms with E-state index in [4.69, 9.17) is 9.47 Å². The van der Waals surface area contributed by atoms with Gasteiger partial charge in [0, 0.05) is 13.7 Å². The van der Waals surface area contributed by atoms with Gasteiger partial charge in [-0.25, -0.2) is 0 Å². The van der Waals surface area contributed by atoms with Crippen molar-refractivity contribution in [3.05, 3.63) is 11.9 Å². The molecule has 5 heteroatoms. The van der Waals surface area contributed by atoms with E-state index < -0.39 is 0 Å². The van der Waals surface area contributed by atoms with Gasteiger partial charge in [-0.1, -0.05) is 19.1 Å². The molecule has 0 spiro atoms. The lowest BCUT2D eigenvalue weighted by Gasteiger charge is -2.02. The molecule has 0 amide bonds. The first kappa shape index (κ1) is 12.1. The Bertz CT molecular complexity index is 273. The third-order valence-electron chi connectivity index (χ3n) is 1.82. The van der Waals surface area contributed by atoms with Crippen LogP contribution in [0.4, 0.5) is 0 Å². The fourth-order valence-corrected chi connectivity index (χ4v) is 1.19. The zero-order chi connectivity index (χ0) is 11.1. The molecule has 0 atom stereocenters.